The number of amides is 2. The van der Waals surface area contributed by atoms with Crippen LogP contribution in [0.5, 0.6) is 6.01 Å². The minimum Gasteiger partial charge on any atom is -0.460 e. The van der Waals surface area contributed by atoms with Crippen molar-refractivity contribution in [3.05, 3.63) is 18.2 Å². The first-order valence-corrected chi connectivity index (χ1v) is 7.84. The first-order chi connectivity index (χ1) is 11.1. The van der Waals surface area contributed by atoms with Crippen molar-refractivity contribution in [1.82, 2.24) is 20.6 Å². The number of nitrogens with one attached hydrogen (secondary N) is 2. The molecule has 7 nitrogen and oxygen atoms in total. The minimum atomic E-state index is -0.497. The lowest BCUT2D eigenvalue weighted by atomic mass is 9.92. The van der Waals surface area contributed by atoms with Crippen molar-refractivity contribution in [3.8, 4) is 6.01 Å². The summed E-state index contributed by atoms with van der Waals surface area (Å²) >= 11 is 0. The van der Waals surface area contributed by atoms with Crippen LogP contribution in [0.3, 0.4) is 0 Å². The molecule has 1 aliphatic carbocycles. The summed E-state index contributed by atoms with van der Waals surface area (Å²) in [6.07, 6.45) is 6.21. The van der Waals surface area contributed by atoms with Crippen LogP contribution in [0.4, 0.5) is 4.39 Å². The van der Waals surface area contributed by atoms with E-state index in [0.717, 1.165) is 38.1 Å². The normalized spacial score (nSPS) is 27.3. The number of nitrogens with zero attached hydrogens (tertiary/aromatic N) is 2. The third-order valence-corrected chi connectivity index (χ3v) is 4.20. The van der Waals surface area contributed by atoms with Gasteiger partial charge in [0.15, 0.2) is 5.82 Å². The van der Waals surface area contributed by atoms with Crippen molar-refractivity contribution in [1.29, 1.82) is 0 Å². The molecular formula is C15H19FN4O3. The number of rotatable bonds is 4. The Labute approximate surface area is 133 Å². The lowest BCUT2D eigenvalue weighted by Crippen LogP contribution is -2.47. The number of halogens is 1. The predicted octanol–water partition coefficient (Wildman–Crippen LogP) is 0.700. The molecule has 23 heavy (non-hydrogen) atoms. The van der Waals surface area contributed by atoms with Gasteiger partial charge in [0.05, 0.1) is 12.4 Å². The maximum Gasteiger partial charge on any atom is 0.316 e. The second kappa shape index (κ2) is 6.89. The lowest BCUT2D eigenvalue weighted by molar-refractivity contribution is -0.126. The van der Waals surface area contributed by atoms with Crippen molar-refractivity contribution in [2.45, 2.75) is 56.7 Å². The van der Waals surface area contributed by atoms with Crippen LogP contribution in [0.15, 0.2) is 12.4 Å². The van der Waals surface area contributed by atoms with Crippen LogP contribution in [0.2, 0.25) is 0 Å². The van der Waals surface area contributed by atoms with Gasteiger partial charge in [0.25, 0.3) is 0 Å². The lowest BCUT2D eigenvalue weighted by Gasteiger charge is -2.29. The van der Waals surface area contributed by atoms with Gasteiger partial charge in [-0.25, -0.2) is 14.4 Å². The fourth-order valence-electron chi connectivity index (χ4n) is 2.95. The average Bonchev–Trinajstić information content (AvgIpc) is 2.98. The maximum absolute atomic E-state index is 12.7. The number of ether oxygens (including phenoxy) is 1. The van der Waals surface area contributed by atoms with Gasteiger partial charge in [0.2, 0.25) is 11.8 Å². The first kappa shape index (κ1) is 15.6. The van der Waals surface area contributed by atoms with Crippen LogP contribution in [-0.4, -0.2) is 40.0 Å². The molecule has 1 aliphatic heterocycles. The van der Waals surface area contributed by atoms with E-state index in [1.807, 2.05) is 0 Å². The van der Waals surface area contributed by atoms with E-state index in [2.05, 4.69) is 20.6 Å². The number of hydrogen-bond donors (Lipinski definition) is 2. The Kier molecular flexibility index (Phi) is 4.68. The van der Waals surface area contributed by atoms with Gasteiger partial charge in [-0.2, -0.15) is 0 Å². The van der Waals surface area contributed by atoms with Gasteiger partial charge >= 0.3 is 6.01 Å². The molecule has 0 bridgehead atoms. The Balaban J connectivity index is 1.42. The van der Waals surface area contributed by atoms with E-state index in [0.29, 0.717) is 12.8 Å². The molecule has 1 saturated heterocycles. The highest BCUT2D eigenvalue weighted by atomic mass is 19.1. The predicted molar refractivity (Wildman–Crippen MR) is 78.0 cm³/mol. The molecule has 8 heteroatoms. The van der Waals surface area contributed by atoms with Gasteiger partial charge in [0, 0.05) is 12.5 Å². The molecule has 1 aromatic rings. The Bertz CT molecular complexity index is 573. The molecule has 2 aliphatic rings. The fourth-order valence-corrected chi connectivity index (χ4v) is 2.95. The summed E-state index contributed by atoms with van der Waals surface area (Å²) in [7, 11) is 0. The molecule has 0 spiro atoms. The molecule has 1 unspecified atom stereocenters. The van der Waals surface area contributed by atoms with Crippen LogP contribution in [-0.2, 0) is 9.59 Å². The van der Waals surface area contributed by atoms with Gasteiger partial charge in [-0.05, 0) is 32.1 Å². The third kappa shape index (κ3) is 4.14. The van der Waals surface area contributed by atoms with Crippen molar-refractivity contribution in [2.75, 3.05) is 0 Å². The molecule has 0 radical (unpaired) electrons. The monoisotopic (exact) mass is 322 g/mol. The van der Waals surface area contributed by atoms with E-state index in [1.54, 1.807) is 0 Å². The summed E-state index contributed by atoms with van der Waals surface area (Å²) in [6, 6.07) is -0.134. The fraction of sp³-hybridized carbons (Fsp3) is 0.600. The van der Waals surface area contributed by atoms with E-state index < -0.39 is 11.9 Å². The van der Waals surface area contributed by atoms with Gasteiger partial charge < -0.3 is 15.4 Å². The molecule has 1 aromatic heterocycles. The van der Waals surface area contributed by atoms with E-state index in [9.17, 15) is 14.0 Å². The van der Waals surface area contributed by atoms with Gasteiger partial charge in [-0.1, -0.05) is 0 Å². The molecule has 3 rings (SSSR count). The Morgan fingerprint density at radius 3 is 2.52 bits per heavy atom. The van der Waals surface area contributed by atoms with Crippen LogP contribution >= 0.6 is 0 Å². The molecule has 2 N–H and O–H groups in total. The minimum absolute atomic E-state index is 0.0280. The summed E-state index contributed by atoms with van der Waals surface area (Å²) in [6.45, 7) is 0. The number of carbonyl (C=O) groups excluding carboxylic acids is 2. The second-order valence-electron chi connectivity index (χ2n) is 5.94. The van der Waals surface area contributed by atoms with Crippen LogP contribution in [0.1, 0.15) is 38.5 Å². The number of carbonyl (C=O) groups is 2. The standard InChI is InChI=1S/C15H19FN4O3/c16-9-7-17-15(18-8-9)23-11-3-1-10(2-4-11)19-14(22)12-5-6-13(21)20-12/h7-8,10-12H,1-6H2,(H,19,22)(H,20,21). The summed E-state index contributed by atoms with van der Waals surface area (Å²) in [5.41, 5.74) is 0. The van der Waals surface area contributed by atoms with Gasteiger partial charge in [0.1, 0.15) is 12.1 Å². The third-order valence-electron chi connectivity index (χ3n) is 4.20. The average molecular weight is 322 g/mol. The molecule has 1 atom stereocenters. The maximum atomic E-state index is 12.7. The van der Waals surface area contributed by atoms with Gasteiger partial charge in [-0.3, -0.25) is 9.59 Å². The van der Waals surface area contributed by atoms with E-state index in [4.69, 9.17) is 4.74 Å². The Hall–Kier alpha value is -2.25. The van der Waals surface area contributed by atoms with E-state index in [-0.39, 0.29) is 30.0 Å². The van der Waals surface area contributed by atoms with Crippen LogP contribution in [0.25, 0.3) is 0 Å². The Morgan fingerprint density at radius 2 is 1.91 bits per heavy atom. The summed E-state index contributed by atoms with van der Waals surface area (Å²) in [5.74, 6) is -0.675. The molecule has 2 fully saturated rings. The van der Waals surface area contributed by atoms with Crippen LogP contribution in [0, 0.1) is 5.82 Å². The largest absolute Gasteiger partial charge is 0.460 e. The molecule has 2 amide bonds. The highest BCUT2D eigenvalue weighted by molar-refractivity contribution is 5.90. The van der Waals surface area contributed by atoms with Crippen molar-refractivity contribution < 1.29 is 18.7 Å². The van der Waals surface area contributed by atoms with E-state index >= 15 is 0 Å². The summed E-state index contributed by atoms with van der Waals surface area (Å²) < 4.78 is 18.4. The Morgan fingerprint density at radius 1 is 1.22 bits per heavy atom. The quantitative estimate of drug-likeness (QED) is 0.851. The summed E-state index contributed by atoms with van der Waals surface area (Å²) in [4.78, 5) is 30.8. The molecule has 2 heterocycles. The topological polar surface area (TPSA) is 93.2 Å². The molecule has 1 saturated carbocycles. The second-order valence-corrected chi connectivity index (χ2v) is 5.94. The smallest absolute Gasteiger partial charge is 0.316 e. The molecular weight excluding hydrogens is 303 g/mol. The molecule has 124 valence electrons. The highest BCUT2D eigenvalue weighted by Gasteiger charge is 2.30. The number of aromatic nitrogens is 2. The SMILES string of the molecule is O=C1CCC(C(=O)NC2CCC(Oc3ncc(F)cn3)CC2)N1. The zero-order valence-electron chi connectivity index (χ0n) is 12.6. The zero-order valence-corrected chi connectivity index (χ0v) is 12.6. The zero-order chi connectivity index (χ0) is 16.2. The van der Waals surface area contributed by atoms with Crippen LogP contribution < -0.4 is 15.4 Å². The van der Waals surface area contributed by atoms with Crippen molar-refractivity contribution in [2.24, 2.45) is 0 Å². The van der Waals surface area contributed by atoms with Crippen molar-refractivity contribution in [3.63, 3.8) is 0 Å². The highest BCUT2D eigenvalue weighted by Crippen LogP contribution is 2.22. The van der Waals surface area contributed by atoms with Gasteiger partial charge in [-0.15, -0.1) is 0 Å². The number of hydrogen-bond acceptors (Lipinski definition) is 5. The first-order valence-electron chi connectivity index (χ1n) is 7.84. The van der Waals surface area contributed by atoms with E-state index in [1.165, 1.54) is 0 Å². The summed E-state index contributed by atoms with van der Waals surface area (Å²) in [5, 5.41) is 5.65. The van der Waals surface area contributed by atoms with Crippen molar-refractivity contribution >= 4 is 11.8 Å². The molecule has 0 aromatic carbocycles.